The molecule has 0 bridgehead atoms. The van der Waals surface area contributed by atoms with Crippen molar-refractivity contribution in [3.63, 3.8) is 0 Å². The van der Waals surface area contributed by atoms with Gasteiger partial charge in [-0.1, -0.05) is 35.9 Å². The molecule has 1 aliphatic heterocycles. The van der Waals surface area contributed by atoms with Gasteiger partial charge in [-0.3, -0.25) is 0 Å². The highest BCUT2D eigenvalue weighted by Gasteiger charge is 2.28. The molecule has 24 heavy (non-hydrogen) atoms. The lowest BCUT2D eigenvalue weighted by Crippen LogP contribution is -2.23. The summed E-state index contributed by atoms with van der Waals surface area (Å²) in [5.41, 5.74) is 7.02. The molecule has 0 saturated heterocycles. The molecule has 2 aliphatic rings. The van der Waals surface area contributed by atoms with Crippen molar-refractivity contribution in [2.24, 2.45) is 0 Å². The van der Waals surface area contributed by atoms with Gasteiger partial charge in [0.2, 0.25) is 0 Å². The number of fused-ring (bicyclic) bond motifs is 5. The molecule has 3 heteroatoms. The molecule has 5 rings (SSSR count). The number of aromatic nitrogens is 1. The Labute approximate surface area is 147 Å². The second-order valence-corrected chi connectivity index (χ2v) is 7.63. The lowest BCUT2D eigenvalue weighted by Gasteiger charge is -2.15. The first-order valence-electron chi connectivity index (χ1n) is 8.81. The Morgan fingerprint density at radius 3 is 2.83 bits per heavy atom. The summed E-state index contributed by atoms with van der Waals surface area (Å²) in [7, 11) is 2.26. The van der Waals surface area contributed by atoms with Crippen LogP contribution in [0.3, 0.4) is 0 Å². The van der Waals surface area contributed by atoms with Crippen LogP contribution in [-0.2, 0) is 13.0 Å². The molecule has 0 spiro atoms. The van der Waals surface area contributed by atoms with Crippen molar-refractivity contribution in [1.82, 2.24) is 9.47 Å². The van der Waals surface area contributed by atoms with Gasteiger partial charge in [0.1, 0.15) is 0 Å². The maximum atomic E-state index is 6.32. The number of halogens is 1. The lowest BCUT2D eigenvalue weighted by molar-refractivity contribution is 0.329. The first kappa shape index (κ1) is 14.6. The minimum atomic E-state index is 0.808. The van der Waals surface area contributed by atoms with E-state index in [2.05, 4.69) is 52.9 Å². The molecule has 1 fully saturated rings. The van der Waals surface area contributed by atoms with Gasteiger partial charge in [-0.05, 0) is 55.6 Å². The summed E-state index contributed by atoms with van der Waals surface area (Å²) in [6.45, 7) is 2.09. The summed E-state index contributed by atoms with van der Waals surface area (Å²) in [6.07, 6.45) is 3.81. The first-order valence-corrected chi connectivity index (χ1v) is 9.19. The number of hydrogen-bond acceptors (Lipinski definition) is 1. The molecule has 0 amide bonds. The van der Waals surface area contributed by atoms with Crippen LogP contribution in [-0.4, -0.2) is 29.1 Å². The van der Waals surface area contributed by atoms with Crippen LogP contribution in [0, 0.1) is 0 Å². The van der Waals surface area contributed by atoms with Crippen molar-refractivity contribution in [3.05, 3.63) is 58.6 Å². The van der Waals surface area contributed by atoms with Crippen LogP contribution in [0.2, 0.25) is 5.02 Å². The largest absolute Gasteiger partial charge is 0.336 e. The van der Waals surface area contributed by atoms with Crippen LogP contribution >= 0.6 is 11.6 Å². The van der Waals surface area contributed by atoms with Gasteiger partial charge in [0.15, 0.2) is 0 Å². The van der Waals surface area contributed by atoms with Crippen LogP contribution in [0.5, 0.6) is 0 Å². The van der Waals surface area contributed by atoms with Gasteiger partial charge in [-0.15, -0.1) is 0 Å². The molecule has 122 valence electrons. The van der Waals surface area contributed by atoms with E-state index < -0.39 is 0 Å². The predicted molar refractivity (Wildman–Crippen MR) is 101 cm³/mol. The van der Waals surface area contributed by atoms with Crippen LogP contribution in [0.1, 0.15) is 24.0 Å². The van der Waals surface area contributed by atoms with Gasteiger partial charge in [0.05, 0.1) is 5.69 Å². The topological polar surface area (TPSA) is 8.17 Å². The van der Waals surface area contributed by atoms with Crippen LogP contribution in [0.15, 0.2) is 42.5 Å². The maximum Gasteiger partial charge on any atom is 0.0531 e. The minimum absolute atomic E-state index is 0.808. The number of likely N-dealkylation sites (N-methyl/N-ethyl adjacent to an activating group) is 1. The number of benzene rings is 2. The Morgan fingerprint density at radius 1 is 1.17 bits per heavy atom. The summed E-state index contributed by atoms with van der Waals surface area (Å²) < 4.78 is 2.47. The second-order valence-electron chi connectivity index (χ2n) is 7.19. The van der Waals surface area contributed by atoms with E-state index >= 15 is 0 Å². The normalized spacial score (nSPS) is 16.0. The smallest absolute Gasteiger partial charge is 0.0531 e. The highest BCUT2D eigenvalue weighted by Crippen LogP contribution is 2.42. The van der Waals surface area contributed by atoms with E-state index in [-0.39, 0.29) is 0 Å². The molecule has 1 saturated carbocycles. The van der Waals surface area contributed by atoms with E-state index in [1.165, 1.54) is 46.1 Å². The Hall–Kier alpha value is -1.77. The molecule has 3 aromatic rings. The Bertz CT molecular complexity index is 936. The summed E-state index contributed by atoms with van der Waals surface area (Å²) in [6, 6.07) is 16.0. The first-order chi connectivity index (χ1) is 11.7. The third-order valence-corrected chi connectivity index (χ3v) is 5.85. The molecule has 2 heterocycles. The summed E-state index contributed by atoms with van der Waals surface area (Å²) in [5, 5.41) is 2.16. The Morgan fingerprint density at radius 2 is 2.00 bits per heavy atom. The maximum absolute atomic E-state index is 6.32. The van der Waals surface area contributed by atoms with E-state index in [0.717, 1.165) is 30.6 Å². The molecule has 1 aromatic heterocycles. The molecular weight excluding hydrogens is 316 g/mol. The van der Waals surface area contributed by atoms with Gasteiger partial charge in [-0.25, -0.2) is 0 Å². The molecule has 0 N–H and O–H groups in total. The van der Waals surface area contributed by atoms with Crippen molar-refractivity contribution in [1.29, 1.82) is 0 Å². The fourth-order valence-electron chi connectivity index (χ4n) is 4.17. The quantitative estimate of drug-likeness (QED) is 0.511. The fraction of sp³-hybridized carbons (Fsp3) is 0.333. The summed E-state index contributed by atoms with van der Waals surface area (Å²) in [4.78, 5) is 2.52. The molecule has 0 unspecified atom stereocenters. The minimum Gasteiger partial charge on any atom is -0.336 e. The van der Waals surface area contributed by atoms with Gasteiger partial charge in [-0.2, -0.15) is 0 Å². The summed E-state index contributed by atoms with van der Waals surface area (Å²) in [5.74, 6) is 0. The van der Waals surface area contributed by atoms with Crippen LogP contribution in [0.25, 0.3) is 22.2 Å². The van der Waals surface area contributed by atoms with E-state index in [1.807, 2.05) is 6.07 Å². The van der Waals surface area contributed by atoms with Crippen molar-refractivity contribution >= 4 is 22.5 Å². The van der Waals surface area contributed by atoms with Crippen molar-refractivity contribution in [2.75, 3.05) is 13.6 Å². The fourth-order valence-corrected chi connectivity index (χ4v) is 4.34. The monoisotopic (exact) mass is 336 g/mol. The van der Waals surface area contributed by atoms with E-state index in [1.54, 1.807) is 0 Å². The molecule has 2 nitrogen and oxygen atoms in total. The van der Waals surface area contributed by atoms with Crippen LogP contribution < -0.4 is 0 Å². The van der Waals surface area contributed by atoms with Crippen molar-refractivity contribution in [3.8, 4) is 11.3 Å². The number of nitrogens with zero attached hydrogens (tertiary/aromatic N) is 2. The zero-order chi connectivity index (χ0) is 16.3. The summed E-state index contributed by atoms with van der Waals surface area (Å²) >= 11 is 6.32. The molecule has 0 radical (unpaired) electrons. The molecular formula is C21H21ClN2. The van der Waals surface area contributed by atoms with E-state index in [9.17, 15) is 0 Å². The van der Waals surface area contributed by atoms with E-state index in [0.29, 0.717) is 0 Å². The molecule has 2 aromatic carbocycles. The molecule has 0 atom stereocenters. The number of rotatable bonds is 4. The number of hydrogen-bond donors (Lipinski definition) is 0. The second kappa shape index (κ2) is 5.37. The highest BCUT2D eigenvalue weighted by molar-refractivity contribution is 6.31. The van der Waals surface area contributed by atoms with Gasteiger partial charge >= 0.3 is 0 Å². The zero-order valence-electron chi connectivity index (χ0n) is 13.9. The van der Waals surface area contributed by atoms with Crippen molar-refractivity contribution < 1.29 is 0 Å². The van der Waals surface area contributed by atoms with Gasteiger partial charge < -0.3 is 9.47 Å². The Balaban J connectivity index is 1.65. The SMILES string of the molecule is CN(CCc1c2n(c3ccc(Cl)cc13)Cc1ccccc1-2)C1CC1. The van der Waals surface area contributed by atoms with Crippen LogP contribution in [0.4, 0.5) is 0 Å². The highest BCUT2D eigenvalue weighted by atomic mass is 35.5. The molecule has 1 aliphatic carbocycles. The van der Waals surface area contributed by atoms with E-state index in [4.69, 9.17) is 11.6 Å². The average molecular weight is 337 g/mol. The van der Waals surface area contributed by atoms with Crippen molar-refractivity contribution in [2.45, 2.75) is 31.8 Å². The lowest BCUT2D eigenvalue weighted by atomic mass is 10.00. The average Bonchev–Trinajstić information content (AvgIpc) is 3.31. The third kappa shape index (κ3) is 2.21. The third-order valence-electron chi connectivity index (χ3n) is 5.62. The zero-order valence-corrected chi connectivity index (χ0v) is 14.7. The Kier molecular flexibility index (Phi) is 3.26. The van der Waals surface area contributed by atoms with Gasteiger partial charge in [0.25, 0.3) is 0 Å². The predicted octanol–water partition coefficient (Wildman–Crippen LogP) is 4.96. The van der Waals surface area contributed by atoms with Gasteiger partial charge in [0, 0.05) is 40.6 Å². The standard InChI is InChI=1S/C21H21ClN2/c1-23(16-7-8-16)11-10-18-19-12-15(22)6-9-20(19)24-13-14-4-2-3-5-17(14)21(18)24/h2-6,9,12,16H,7-8,10-11,13H2,1H3.